The lowest BCUT2D eigenvalue weighted by Gasteiger charge is -2.07. The zero-order chi connectivity index (χ0) is 11.5. The number of nitrogens with zero attached hydrogens (tertiary/aromatic N) is 4. The summed E-state index contributed by atoms with van der Waals surface area (Å²) >= 11 is 0. The van der Waals surface area contributed by atoms with Crippen LogP contribution in [0.4, 0.5) is 5.82 Å². The lowest BCUT2D eigenvalue weighted by Crippen LogP contribution is -2.09. The second kappa shape index (κ2) is 4.38. The van der Waals surface area contributed by atoms with Crippen molar-refractivity contribution in [1.29, 1.82) is 0 Å². The highest BCUT2D eigenvalue weighted by Gasteiger charge is 2.06. The molecular weight excluding hydrogens is 202 g/mol. The van der Waals surface area contributed by atoms with Crippen molar-refractivity contribution in [1.82, 2.24) is 19.6 Å². The molecule has 16 heavy (non-hydrogen) atoms. The molecule has 0 fully saturated rings. The van der Waals surface area contributed by atoms with Crippen LogP contribution in [0, 0.1) is 6.92 Å². The van der Waals surface area contributed by atoms with Gasteiger partial charge in [-0.25, -0.2) is 0 Å². The molecule has 86 valence electrons. The Balaban J connectivity index is 2.06. The molecule has 0 aliphatic carbocycles. The van der Waals surface area contributed by atoms with Crippen molar-refractivity contribution in [3.05, 3.63) is 29.7 Å². The Kier molecular flexibility index (Phi) is 2.94. The van der Waals surface area contributed by atoms with E-state index in [2.05, 4.69) is 29.4 Å². The van der Waals surface area contributed by atoms with Gasteiger partial charge in [0.2, 0.25) is 0 Å². The van der Waals surface area contributed by atoms with Gasteiger partial charge in [-0.15, -0.1) is 0 Å². The Morgan fingerprint density at radius 1 is 1.44 bits per heavy atom. The van der Waals surface area contributed by atoms with Crippen molar-refractivity contribution in [3.8, 4) is 0 Å². The topological polar surface area (TPSA) is 47.7 Å². The van der Waals surface area contributed by atoms with E-state index in [4.69, 9.17) is 0 Å². The van der Waals surface area contributed by atoms with Crippen LogP contribution < -0.4 is 5.32 Å². The average molecular weight is 219 g/mol. The lowest BCUT2D eigenvalue weighted by atomic mass is 10.3. The van der Waals surface area contributed by atoms with E-state index in [0.717, 1.165) is 18.9 Å². The van der Waals surface area contributed by atoms with Crippen LogP contribution in [0.1, 0.15) is 18.2 Å². The van der Waals surface area contributed by atoms with Crippen molar-refractivity contribution in [2.45, 2.75) is 26.9 Å². The molecule has 2 aromatic rings. The summed E-state index contributed by atoms with van der Waals surface area (Å²) in [7, 11) is 1.91. The van der Waals surface area contributed by atoms with Crippen molar-refractivity contribution in [2.75, 3.05) is 5.32 Å². The molecule has 2 heterocycles. The largest absolute Gasteiger partial charge is 0.363 e. The Hall–Kier alpha value is -1.78. The summed E-state index contributed by atoms with van der Waals surface area (Å²) in [5, 5.41) is 11.9. The number of hydrogen-bond donors (Lipinski definition) is 1. The predicted octanol–water partition coefficient (Wildman–Crippen LogP) is 1.56. The zero-order valence-corrected chi connectivity index (χ0v) is 9.94. The predicted molar refractivity (Wildman–Crippen MR) is 63.2 cm³/mol. The number of anilines is 1. The fourth-order valence-electron chi connectivity index (χ4n) is 1.69. The Bertz CT molecular complexity index is 468. The summed E-state index contributed by atoms with van der Waals surface area (Å²) in [5.41, 5.74) is 2.43. The van der Waals surface area contributed by atoms with Crippen LogP contribution in [0.3, 0.4) is 0 Å². The van der Waals surface area contributed by atoms with Crippen molar-refractivity contribution < 1.29 is 0 Å². The molecule has 5 nitrogen and oxygen atoms in total. The molecule has 0 atom stereocenters. The quantitative estimate of drug-likeness (QED) is 0.848. The highest BCUT2D eigenvalue weighted by Crippen LogP contribution is 2.10. The molecule has 0 radical (unpaired) electrons. The summed E-state index contributed by atoms with van der Waals surface area (Å²) in [6.45, 7) is 5.83. The van der Waals surface area contributed by atoms with Crippen LogP contribution in [-0.4, -0.2) is 19.6 Å². The number of aromatic nitrogens is 4. The first-order valence-corrected chi connectivity index (χ1v) is 5.45. The van der Waals surface area contributed by atoms with E-state index < -0.39 is 0 Å². The van der Waals surface area contributed by atoms with Crippen LogP contribution in [0.2, 0.25) is 0 Å². The van der Waals surface area contributed by atoms with Crippen LogP contribution in [0.15, 0.2) is 18.5 Å². The molecule has 0 unspecified atom stereocenters. The lowest BCUT2D eigenvalue weighted by molar-refractivity contribution is 0.626. The summed E-state index contributed by atoms with van der Waals surface area (Å²) in [6, 6.07) is 1.96. The van der Waals surface area contributed by atoms with Gasteiger partial charge in [0.15, 0.2) is 0 Å². The first kappa shape index (κ1) is 10.7. The molecule has 0 aromatic carbocycles. The van der Waals surface area contributed by atoms with E-state index in [1.54, 1.807) is 4.68 Å². The van der Waals surface area contributed by atoms with E-state index in [0.29, 0.717) is 0 Å². The second-order valence-corrected chi connectivity index (χ2v) is 3.82. The minimum atomic E-state index is 0.761. The summed E-state index contributed by atoms with van der Waals surface area (Å²) in [5.74, 6) is 0.894. The van der Waals surface area contributed by atoms with Gasteiger partial charge in [-0.3, -0.25) is 9.36 Å². The molecule has 0 spiro atoms. The number of aryl methyl sites for hydroxylation is 3. The maximum Gasteiger partial charge on any atom is 0.148 e. The minimum Gasteiger partial charge on any atom is -0.363 e. The third-order valence-electron chi connectivity index (χ3n) is 2.61. The first-order chi connectivity index (χ1) is 7.70. The average Bonchev–Trinajstić information content (AvgIpc) is 2.82. The smallest absolute Gasteiger partial charge is 0.148 e. The Morgan fingerprint density at radius 3 is 2.88 bits per heavy atom. The van der Waals surface area contributed by atoms with Gasteiger partial charge in [-0.1, -0.05) is 0 Å². The molecule has 2 rings (SSSR count). The highest BCUT2D eigenvalue weighted by molar-refractivity contribution is 5.33. The Morgan fingerprint density at radius 2 is 2.25 bits per heavy atom. The molecular formula is C11H17N5. The standard InChI is InChI=1S/C11H17N5/c1-4-16-10(9(2)7-13-16)8-12-11-5-6-15(3)14-11/h5-7H,4,8H2,1-3H3,(H,12,14). The van der Waals surface area contributed by atoms with E-state index in [9.17, 15) is 0 Å². The maximum absolute atomic E-state index is 4.30. The van der Waals surface area contributed by atoms with E-state index in [1.165, 1.54) is 11.3 Å². The fourth-order valence-corrected chi connectivity index (χ4v) is 1.69. The normalized spacial score (nSPS) is 10.7. The molecule has 0 saturated carbocycles. The number of nitrogens with one attached hydrogen (secondary N) is 1. The van der Waals surface area contributed by atoms with Gasteiger partial charge in [0.05, 0.1) is 18.4 Å². The van der Waals surface area contributed by atoms with Crippen molar-refractivity contribution >= 4 is 5.82 Å². The van der Waals surface area contributed by atoms with Gasteiger partial charge in [0.25, 0.3) is 0 Å². The number of hydrogen-bond acceptors (Lipinski definition) is 3. The summed E-state index contributed by atoms with van der Waals surface area (Å²) in [4.78, 5) is 0. The zero-order valence-electron chi connectivity index (χ0n) is 9.94. The van der Waals surface area contributed by atoms with Crippen molar-refractivity contribution in [2.24, 2.45) is 7.05 Å². The monoisotopic (exact) mass is 219 g/mol. The van der Waals surface area contributed by atoms with Gasteiger partial charge in [0.1, 0.15) is 5.82 Å². The third kappa shape index (κ3) is 2.08. The van der Waals surface area contributed by atoms with E-state index >= 15 is 0 Å². The molecule has 1 N–H and O–H groups in total. The van der Waals surface area contributed by atoms with Gasteiger partial charge in [0, 0.05) is 25.9 Å². The van der Waals surface area contributed by atoms with Gasteiger partial charge in [-0.05, 0) is 19.4 Å². The molecule has 0 saturated heterocycles. The molecule has 0 amide bonds. The molecule has 0 aliphatic rings. The molecule has 0 bridgehead atoms. The third-order valence-corrected chi connectivity index (χ3v) is 2.61. The SMILES string of the molecule is CCn1ncc(C)c1CNc1ccn(C)n1. The fraction of sp³-hybridized carbons (Fsp3) is 0.455. The molecule has 2 aromatic heterocycles. The first-order valence-electron chi connectivity index (χ1n) is 5.45. The van der Waals surface area contributed by atoms with E-state index in [-0.39, 0.29) is 0 Å². The van der Waals surface area contributed by atoms with E-state index in [1.807, 2.05) is 30.2 Å². The maximum atomic E-state index is 4.30. The number of rotatable bonds is 4. The van der Waals surface area contributed by atoms with Crippen LogP contribution in [0.25, 0.3) is 0 Å². The molecule has 5 heteroatoms. The Labute approximate surface area is 95.1 Å². The second-order valence-electron chi connectivity index (χ2n) is 3.82. The summed E-state index contributed by atoms with van der Waals surface area (Å²) < 4.78 is 3.79. The summed E-state index contributed by atoms with van der Waals surface area (Å²) in [6.07, 6.45) is 3.82. The van der Waals surface area contributed by atoms with Gasteiger partial charge < -0.3 is 5.32 Å². The van der Waals surface area contributed by atoms with Crippen molar-refractivity contribution in [3.63, 3.8) is 0 Å². The van der Waals surface area contributed by atoms with Gasteiger partial charge in [-0.2, -0.15) is 10.2 Å². The van der Waals surface area contributed by atoms with Crippen LogP contribution >= 0.6 is 0 Å². The van der Waals surface area contributed by atoms with Crippen LogP contribution in [0.5, 0.6) is 0 Å². The van der Waals surface area contributed by atoms with Gasteiger partial charge >= 0.3 is 0 Å². The van der Waals surface area contributed by atoms with Crippen LogP contribution in [-0.2, 0) is 20.1 Å². The highest BCUT2D eigenvalue weighted by atomic mass is 15.3. The minimum absolute atomic E-state index is 0.761. The molecule has 0 aliphatic heterocycles.